The smallest absolute Gasteiger partial charge is 0.311 e. The Morgan fingerprint density at radius 2 is 1.64 bits per heavy atom. The molecule has 0 aromatic heterocycles. The second-order valence-electron chi connectivity index (χ2n) is 7.44. The number of carboxylic acid groups (broad SMARTS) is 2. The summed E-state index contributed by atoms with van der Waals surface area (Å²) in [5, 5.41) is 20.0. The maximum atomic E-state index is 12.5. The van der Waals surface area contributed by atoms with E-state index in [1.807, 2.05) is 0 Å². The summed E-state index contributed by atoms with van der Waals surface area (Å²) >= 11 is 0. The Morgan fingerprint density at radius 3 is 2.14 bits per heavy atom. The van der Waals surface area contributed by atoms with E-state index in [1.165, 1.54) is 0 Å². The van der Waals surface area contributed by atoms with Gasteiger partial charge in [0.25, 0.3) is 0 Å². The molecule has 126 valence electrons. The number of carbonyl (C=O) groups is 2. The Morgan fingerprint density at radius 1 is 1.05 bits per heavy atom. The van der Waals surface area contributed by atoms with E-state index < -0.39 is 23.3 Å². The summed E-state index contributed by atoms with van der Waals surface area (Å²) in [6.45, 7) is 4.25. The molecule has 2 aliphatic carbocycles. The lowest BCUT2D eigenvalue weighted by atomic mass is 9.45. The highest BCUT2D eigenvalue weighted by Crippen LogP contribution is 2.63. The van der Waals surface area contributed by atoms with Crippen LogP contribution in [0.3, 0.4) is 0 Å². The Labute approximate surface area is 133 Å². The van der Waals surface area contributed by atoms with Gasteiger partial charge in [-0.3, -0.25) is 9.59 Å². The van der Waals surface area contributed by atoms with Crippen LogP contribution in [0.4, 0.5) is 0 Å². The van der Waals surface area contributed by atoms with Crippen molar-refractivity contribution < 1.29 is 19.8 Å². The number of hydrogen-bond acceptors (Lipinski definition) is 2. The normalized spacial score (nSPS) is 33.1. The van der Waals surface area contributed by atoms with Crippen molar-refractivity contribution in [2.24, 2.45) is 22.7 Å². The lowest BCUT2D eigenvalue weighted by Crippen LogP contribution is -2.59. The maximum absolute atomic E-state index is 12.5. The average molecular weight is 310 g/mol. The van der Waals surface area contributed by atoms with Crippen LogP contribution in [0.5, 0.6) is 0 Å². The van der Waals surface area contributed by atoms with E-state index >= 15 is 0 Å². The number of aliphatic carboxylic acids is 2. The first kappa shape index (κ1) is 17.3. The molecule has 22 heavy (non-hydrogen) atoms. The molecule has 3 unspecified atom stereocenters. The lowest BCUT2D eigenvalue weighted by molar-refractivity contribution is -0.190. The highest BCUT2D eigenvalue weighted by molar-refractivity contribution is 5.84. The highest BCUT2D eigenvalue weighted by atomic mass is 16.4. The summed E-state index contributed by atoms with van der Waals surface area (Å²) in [6.07, 6.45) is 8.60. The molecule has 0 spiro atoms. The number of carboxylic acids is 2. The standard InChI is InChI=1S/C18H30O4/c1-3-13(2)17(10-6-4-7-11-17)18(16(21)22)12-8-5-9-14(18)15(19)20/h13-14H,3-12H2,1-2H3,(H,19,20)(H,21,22). The maximum Gasteiger partial charge on any atom is 0.311 e. The molecule has 0 radical (unpaired) electrons. The zero-order valence-corrected chi connectivity index (χ0v) is 13.9. The molecule has 0 amide bonds. The molecule has 3 atom stereocenters. The predicted molar refractivity (Wildman–Crippen MR) is 84.6 cm³/mol. The molecular formula is C18H30O4. The van der Waals surface area contributed by atoms with Crippen LogP contribution < -0.4 is 0 Å². The molecule has 2 N–H and O–H groups in total. The minimum atomic E-state index is -1.08. The van der Waals surface area contributed by atoms with E-state index in [2.05, 4.69) is 13.8 Å². The van der Waals surface area contributed by atoms with Gasteiger partial charge in [0.05, 0.1) is 11.3 Å². The molecule has 0 bridgehead atoms. The van der Waals surface area contributed by atoms with Crippen molar-refractivity contribution in [1.82, 2.24) is 0 Å². The van der Waals surface area contributed by atoms with E-state index in [1.54, 1.807) is 0 Å². The molecule has 2 fully saturated rings. The van der Waals surface area contributed by atoms with Crippen molar-refractivity contribution in [3.63, 3.8) is 0 Å². The van der Waals surface area contributed by atoms with Gasteiger partial charge in [-0.15, -0.1) is 0 Å². The molecular weight excluding hydrogens is 280 g/mol. The Balaban J connectivity index is 2.59. The minimum absolute atomic E-state index is 0.254. The largest absolute Gasteiger partial charge is 0.481 e. The van der Waals surface area contributed by atoms with Gasteiger partial charge in [-0.05, 0) is 37.0 Å². The first-order valence-electron chi connectivity index (χ1n) is 8.88. The van der Waals surface area contributed by atoms with Crippen LogP contribution in [0.15, 0.2) is 0 Å². The fourth-order valence-corrected chi connectivity index (χ4v) is 5.52. The van der Waals surface area contributed by atoms with Gasteiger partial charge in [-0.1, -0.05) is 52.4 Å². The van der Waals surface area contributed by atoms with Gasteiger partial charge in [0.1, 0.15) is 0 Å². The SMILES string of the molecule is CCC(C)C1(C2(C(=O)O)CCCCC2C(=O)O)CCCCC1. The Kier molecular flexibility index (Phi) is 5.18. The topological polar surface area (TPSA) is 74.6 Å². The van der Waals surface area contributed by atoms with Gasteiger partial charge >= 0.3 is 11.9 Å². The summed E-state index contributed by atoms with van der Waals surface area (Å²) in [7, 11) is 0. The van der Waals surface area contributed by atoms with Crippen LogP contribution in [0.25, 0.3) is 0 Å². The summed E-state index contributed by atoms with van der Waals surface area (Å²) in [5.74, 6) is -2.24. The van der Waals surface area contributed by atoms with Crippen LogP contribution in [0.2, 0.25) is 0 Å². The van der Waals surface area contributed by atoms with Gasteiger partial charge in [-0.2, -0.15) is 0 Å². The van der Waals surface area contributed by atoms with Gasteiger partial charge in [-0.25, -0.2) is 0 Å². The summed E-state index contributed by atoms with van der Waals surface area (Å²) < 4.78 is 0. The van der Waals surface area contributed by atoms with Crippen molar-refractivity contribution in [1.29, 1.82) is 0 Å². The second kappa shape index (κ2) is 6.59. The number of hydrogen-bond donors (Lipinski definition) is 2. The van der Waals surface area contributed by atoms with E-state index in [9.17, 15) is 19.8 Å². The molecule has 2 saturated carbocycles. The molecule has 0 heterocycles. The van der Waals surface area contributed by atoms with Crippen LogP contribution in [0.1, 0.15) is 78.1 Å². The molecule has 0 saturated heterocycles. The van der Waals surface area contributed by atoms with Gasteiger partial charge < -0.3 is 10.2 Å². The molecule has 0 aromatic carbocycles. The predicted octanol–water partition coefficient (Wildman–Crippen LogP) is 4.33. The summed E-state index contributed by atoms with van der Waals surface area (Å²) in [5.41, 5.74) is -1.43. The minimum Gasteiger partial charge on any atom is -0.481 e. The first-order valence-corrected chi connectivity index (χ1v) is 8.88. The number of rotatable bonds is 5. The third-order valence-electron chi connectivity index (χ3n) is 6.78. The summed E-state index contributed by atoms with van der Waals surface area (Å²) in [6, 6.07) is 0. The van der Waals surface area contributed by atoms with Crippen molar-refractivity contribution >= 4 is 11.9 Å². The van der Waals surface area contributed by atoms with Crippen LogP contribution in [-0.4, -0.2) is 22.2 Å². The van der Waals surface area contributed by atoms with Crippen LogP contribution in [0, 0.1) is 22.7 Å². The van der Waals surface area contributed by atoms with E-state index in [0.717, 1.165) is 51.4 Å². The van der Waals surface area contributed by atoms with Crippen LogP contribution in [-0.2, 0) is 9.59 Å². The fraction of sp³-hybridized carbons (Fsp3) is 0.889. The van der Waals surface area contributed by atoms with E-state index in [4.69, 9.17) is 0 Å². The van der Waals surface area contributed by atoms with E-state index in [0.29, 0.717) is 12.8 Å². The van der Waals surface area contributed by atoms with Gasteiger partial charge in [0.2, 0.25) is 0 Å². The third kappa shape index (κ3) is 2.44. The first-order chi connectivity index (χ1) is 10.4. The molecule has 4 heteroatoms. The Bertz CT molecular complexity index is 425. The monoisotopic (exact) mass is 310 g/mol. The zero-order valence-electron chi connectivity index (χ0n) is 13.9. The second-order valence-corrected chi connectivity index (χ2v) is 7.44. The summed E-state index contributed by atoms with van der Waals surface area (Å²) in [4.78, 5) is 24.4. The average Bonchev–Trinajstić information content (AvgIpc) is 2.54. The Hall–Kier alpha value is -1.06. The molecule has 2 rings (SSSR count). The lowest BCUT2D eigenvalue weighted by Gasteiger charge is -2.57. The fourth-order valence-electron chi connectivity index (χ4n) is 5.52. The van der Waals surface area contributed by atoms with Crippen molar-refractivity contribution in [2.75, 3.05) is 0 Å². The van der Waals surface area contributed by atoms with Gasteiger partial charge in [0, 0.05) is 0 Å². The third-order valence-corrected chi connectivity index (χ3v) is 6.78. The highest BCUT2D eigenvalue weighted by Gasteiger charge is 2.64. The zero-order chi connectivity index (χ0) is 16.4. The van der Waals surface area contributed by atoms with Crippen LogP contribution >= 0.6 is 0 Å². The van der Waals surface area contributed by atoms with Gasteiger partial charge in [0.15, 0.2) is 0 Å². The molecule has 2 aliphatic rings. The molecule has 0 aromatic rings. The van der Waals surface area contributed by atoms with Crippen molar-refractivity contribution in [2.45, 2.75) is 78.1 Å². The molecule has 4 nitrogen and oxygen atoms in total. The van der Waals surface area contributed by atoms with Crippen molar-refractivity contribution in [3.8, 4) is 0 Å². The van der Waals surface area contributed by atoms with E-state index in [-0.39, 0.29) is 11.3 Å². The van der Waals surface area contributed by atoms with Crippen molar-refractivity contribution in [3.05, 3.63) is 0 Å². The molecule has 0 aliphatic heterocycles. The quantitative estimate of drug-likeness (QED) is 0.792.